The van der Waals surface area contributed by atoms with Gasteiger partial charge in [0.15, 0.2) is 0 Å². The third-order valence-electron chi connectivity index (χ3n) is 6.49. The predicted octanol–water partition coefficient (Wildman–Crippen LogP) is 1.47. The maximum atomic E-state index is 12.7. The fourth-order valence-corrected chi connectivity index (χ4v) is 4.43. The van der Waals surface area contributed by atoms with Gasteiger partial charge in [0.1, 0.15) is 5.82 Å². The molecule has 1 aromatic carbocycles. The average molecular weight is 521 g/mol. The second-order valence-electron chi connectivity index (χ2n) is 9.31. The third-order valence-corrected chi connectivity index (χ3v) is 6.49. The number of halogens is 1. The molecule has 2 heterocycles. The molecular formula is C24H33ClN6O5. The number of methoxy groups -OCH3 is 1. The van der Waals surface area contributed by atoms with Crippen LogP contribution in [-0.2, 0) is 14.3 Å². The Hall–Kier alpha value is -2.86. The van der Waals surface area contributed by atoms with Crippen LogP contribution in [0.5, 0.6) is 0 Å². The summed E-state index contributed by atoms with van der Waals surface area (Å²) in [6.45, 7) is 4.15. The molecule has 3 amide bonds. The number of hydrogen-bond donors (Lipinski definition) is 4. The Kier molecular flexibility index (Phi) is 8.83. The molecule has 2 atom stereocenters. The molecule has 2 fully saturated rings. The molecule has 36 heavy (non-hydrogen) atoms. The van der Waals surface area contributed by atoms with E-state index in [1.54, 1.807) is 7.11 Å². The first-order chi connectivity index (χ1) is 16.7. The van der Waals surface area contributed by atoms with Gasteiger partial charge >= 0.3 is 0 Å². The number of aryl methyl sites for hydroxylation is 1. The van der Waals surface area contributed by atoms with Crippen LogP contribution in [0.15, 0.2) is 18.2 Å². The Morgan fingerprint density at radius 2 is 1.89 bits per heavy atom. The standard InChI is InChI=1S/C24H32N6O5.ClH/c1-14-9-10-16-15(13-14)19(28-20(26-16)21(31)25-11-6-12-35-3)27-17-7-4-5-8-18(17)29-30-22(32)24(2,34)23(30)33;/h9-10,13,17-18,29,34H,4-8,11-12H2,1-3H3,(H,25,31)(H,26,27,28);1H/t17-,18+;/m0./s1. The molecule has 4 N–H and O–H groups in total. The molecule has 1 aliphatic heterocycles. The number of nitrogens with one attached hydrogen (secondary N) is 3. The number of anilines is 1. The Morgan fingerprint density at radius 3 is 2.58 bits per heavy atom. The molecule has 1 saturated heterocycles. The molecule has 11 nitrogen and oxygen atoms in total. The van der Waals surface area contributed by atoms with Crippen LogP contribution in [-0.4, -0.2) is 75.8 Å². The summed E-state index contributed by atoms with van der Waals surface area (Å²) in [4.78, 5) is 46.1. The van der Waals surface area contributed by atoms with Crippen molar-refractivity contribution in [3.8, 4) is 0 Å². The zero-order valence-corrected chi connectivity index (χ0v) is 21.5. The molecule has 2 aromatic rings. The van der Waals surface area contributed by atoms with Gasteiger partial charge in [-0.2, -0.15) is 0 Å². The summed E-state index contributed by atoms with van der Waals surface area (Å²) in [5.41, 5.74) is 2.68. The van der Waals surface area contributed by atoms with E-state index in [-0.39, 0.29) is 36.2 Å². The van der Waals surface area contributed by atoms with Crippen molar-refractivity contribution >= 4 is 46.8 Å². The Balaban J connectivity index is 0.00000361. The molecule has 0 unspecified atom stereocenters. The number of benzene rings is 1. The van der Waals surface area contributed by atoms with Crippen LogP contribution < -0.4 is 16.1 Å². The SMILES string of the molecule is COCCCNC(=O)c1nc(N[C@H]2CCCC[C@H]2NN2C(=O)C(C)(O)C2=O)c2cc(C)ccc2n1.Cl. The number of nitrogens with zero attached hydrogens (tertiary/aromatic N) is 3. The molecule has 1 aromatic heterocycles. The number of amides is 3. The van der Waals surface area contributed by atoms with Crippen LogP contribution in [0.1, 0.15) is 55.2 Å². The van der Waals surface area contributed by atoms with Gasteiger partial charge in [-0.3, -0.25) is 14.4 Å². The van der Waals surface area contributed by atoms with Crippen molar-refractivity contribution in [1.82, 2.24) is 25.7 Å². The van der Waals surface area contributed by atoms with Gasteiger partial charge in [-0.1, -0.05) is 24.5 Å². The lowest BCUT2D eigenvalue weighted by Gasteiger charge is -2.44. The van der Waals surface area contributed by atoms with Gasteiger partial charge in [-0.25, -0.2) is 20.4 Å². The number of β-lactam (4-membered cyclic amide) rings is 2. The first-order valence-corrected chi connectivity index (χ1v) is 11.9. The van der Waals surface area contributed by atoms with Crippen molar-refractivity contribution in [2.45, 2.75) is 63.6 Å². The molecule has 0 bridgehead atoms. The van der Waals surface area contributed by atoms with E-state index in [0.29, 0.717) is 30.9 Å². The highest BCUT2D eigenvalue weighted by Gasteiger charge is 2.58. The van der Waals surface area contributed by atoms with Crippen LogP contribution in [0.3, 0.4) is 0 Å². The van der Waals surface area contributed by atoms with Gasteiger partial charge in [-0.15, -0.1) is 12.4 Å². The molecule has 1 saturated carbocycles. The van der Waals surface area contributed by atoms with Crippen molar-refractivity contribution in [2.24, 2.45) is 0 Å². The van der Waals surface area contributed by atoms with Crippen LogP contribution in [0, 0.1) is 6.92 Å². The minimum Gasteiger partial charge on any atom is -0.385 e. The summed E-state index contributed by atoms with van der Waals surface area (Å²) in [6.07, 6.45) is 4.08. The number of aromatic nitrogens is 2. The molecule has 4 rings (SSSR count). The highest BCUT2D eigenvalue weighted by molar-refractivity contribution is 6.23. The topological polar surface area (TPSA) is 146 Å². The predicted molar refractivity (Wildman–Crippen MR) is 136 cm³/mol. The first kappa shape index (κ1) is 27.7. The maximum Gasteiger partial charge on any atom is 0.289 e. The van der Waals surface area contributed by atoms with E-state index in [2.05, 4.69) is 26.0 Å². The van der Waals surface area contributed by atoms with E-state index in [1.165, 1.54) is 6.92 Å². The zero-order chi connectivity index (χ0) is 25.2. The minimum absolute atomic E-state index is 0. The summed E-state index contributed by atoms with van der Waals surface area (Å²) in [5.74, 6) is -1.12. The van der Waals surface area contributed by atoms with E-state index in [9.17, 15) is 19.5 Å². The molecular weight excluding hydrogens is 488 g/mol. The molecule has 0 spiro atoms. The van der Waals surface area contributed by atoms with E-state index in [4.69, 9.17) is 4.74 Å². The monoisotopic (exact) mass is 520 g/mol. The van der Waals surface area contributed by atoms with Crippen molar-refractivity contribution in [2.75, 3.05) is 25.6 Å². The second-order valence-corrected chi connectivity index (χ2v) is 9.31. The number of carbonyl (C=O) groups is 3. The fourth-order valence-electron chi connectivity index (χ4n) is 4.43. The normalized spacial score (nSPS) is 21.1. The van der Waals surface area contributed by atoms with E-state index in [0.717, 1.165) is 41.6 Å². The number of hydrogen-bond acceptors (Lipinski definition) is 9. The van der Waals surface area contributed by atoms with E-state index >= 15 is 0 Å². The van der Waals surface area contributed by atoms with Gasteiger partial charge in [0.25, 0.3) is 17.7 Å². The molecule has 2 aliphatic rings. The van der Waals surface area contributed by atoms with Gasteiger partial charge in [0.2, 0.25) is 11.4 Å². The number of aliphatic hydroxyl groups is 1. The largest absolute Gasteiger partial charge is 0.385 e. The maximum absolute atomic E-state index is 12.7. The molecule has 12 heteroatoms. The van der Waals surface area contributed by atoms with Gasteiger partial charge < -0.3 is 20.5 Å². The lowest BCUT2D eigenvalue weighted by molar-refractivity contribution is -0.192. The smallest absolute Gasteiger partial charge is 0.289 e. The van der Waals surface area contributed by atoms with Gasteiger partial charge in [0.05, 0.1) is 5.52 Å². The lowest BCUT2D eigenvalue weighted by atomic mass is 9.89. The Labute approximate surface area is 215 Å². The van der Waals surface area contributed by atoms with E-state index in [1.807, 2.05) is 25.1 Å². The number of carbonyl (C=O) groups excluding carboxylic acids is 3. The van der Waals surface area contributed by atoms with Crippen molar-refractivity contribution in [3.05, 3.63) is 29.6 Å². The first-order valence-electron chi connectivity index (χ1n) is 11.9. The van der Waals surface area contributed by atoms with Crippen LogP contribution >= 0.6 is 12.4 Å². The zero-order valence-electron chi connectivity index (χ0n) is 20.7. The summed E-state index contributed by atoms with van der Waals surface area (Å²) >= 11 is 0. The average Bonchev–Trinajstić information content (AvgIpc) is 2.85. The third kappa shape index (κ3) is 5.59. The van der Waals surface area contributed by atoms with Crippen LogP contribution in [0.4, 0.5) is 5.82 Å². The lowest BCUT2D eigenvalue weighted by Crippen LogP contribution is -2.75. The Bertz CT molecular complexity index is 1130. The summed E-state index contributed by atoms with van der Waals surface area (Å²) in [5, 5.41) is 17.9. The van der Waals surface area contributed by atoms with Crippen molar-refractivity contribution < 1.29 is 24.2 Å². The minimum atomic E-state index is -1.98. The highest BCUT2D eigenvalue weighted by atomic mass is 35.5. The number of imide groups is 1. The second kappa shape index (κ2) is 11.5. The number of fused-ring (bicyclic) bond motifs is 1. The molecule has 0 radical (unpaired) electrons. The highest BCUT2D eigenvalue weighted by Crippen LogP contribution is 2.29. The molecule has 1 aliphatic carbocycles. The van der Waals surface area contributed by atoms with Crippen molar-refractivity contribution in [1.29, 1.82) is 0 Å². The van der Waals surface area contributed by atoms with Crippen LogP contribution in [0.2, 0.25) is 0 Å². The Morgan fingerprint density at radius 1 is 1.19 bits per heavy atom. The molecule has 196 valence electrons. The summed E-state index contributed by atoms with van der Waals surface area (Å²) in [7, 11) is 1.61. The van der Waals surface area contributed by atoms with Crippen molar-refractivity contribution in [3.63, 3.8) is 0 Å². The quantitative estimate of drug-likeness (QED) is 0.219. The van der Waals surface area contributed by atoms with Crippen LogP contribution in [0.25, 0.3) is 10.9 Å². The summed E-state index contributed by atoms with van der Waals surface area (Å²) in [6, 6.07) is 5.34. The number of rotatable bonds is 9. The number of hydrazine groups is 1. The summed E-state index contributed by atoms with van der Waals surface area (Å²) < 4.78 is 5.02. The van der Waals surface area contributed by atoms with E-state index < -0.39 is 17.4 Å². The number of ether oxygens (including phenoxy) is 1. The van der Waals surface area contributed by atoms with Gasteiger partial charge in [-0.05, 0) is 45.2 Å². The van der Waals surface area contributed by atoms with Gasteiger partial charge in [0, 0.05) is 37.7 Å². The fraction of sp³-hybridized carbons (Fsp3) is 0.542.